The van der Waals surface area contributed by atoms with Gasteiger partial charge in [-0.2, -0.15) is 0 Å². The van der Waals surface area contributed by atoms with Crippen molar-refractivity contribution in [1.29, 1.82) is 0 Å². The molecule has 0 radical (unpaired) electrons. The van der Waals surface area contributed by atoms with Crippen LogP contribution in [0, 0.1) is 0 Å². The minimum absolute atomic E-state index is 0. The second-order valence-corrected chi connectivity index (χ2v) is 7.94. The molecule has 0 rings (SSSR count). The molecule has 0 heterocycles. The first-order valence-corrected chi connectivity index (χ1v) is 11.7. The van der Waals surface area contributed by atoms with Crippen LogP contribution in [0.1, 0.15) is 27.7 Å². The molecule has 4 nitrogen and oxygen atoms in total. The quantitative estimate of drug-likeness (QED) is 0.347. The Balaban J connectivity index is -0.000000315. The summed E-state index contributed by atoms with van der Waals surface area (Å²) in [5.41, 5.74) is 0. The van der Waals surface area contributed by atoms with Crippen LogP contribution in [0.2, 0.25) is 4.44 Å². The Morgan fingerprint density at radius 1 is 1.11 bits per heavy atom. The molecule has 0 saturated carbocycles. The van der Waals surface area contributed by atoms with E-state index in [1.165, 1.54) is 15.9 Å². The van der Waals surface area contributed by atoms with Crippen LogP contribution in [-0.2, 0) is 4.74 Å². The van der Waals surface area contributed by atoms with Gasteiger partial charge in [0.2, 0.25) is 0 Å². The van der Waals surface area contributed by atoms with E-state index in [4.69, 9.17) is 14.9 Å². The molecule has 0 aliphatic carbocycles. The monoisotopic (exact) mass is 387 g/mol. The van der Waals surface area contributed by atoms with Gasteiger partial charge in [-0.05, 0) is 0 Å². The molecule has 0 aliphatic rings. The van der Waals surface area contributed by atoms with Crippen molar-refractivity contribution in [2.24, 2.45) is 0 Å². The number of thioether (sulfide) groups is 1. The van der Waals surface area contributed by atoms with Crippen LogP contribution in [-0.4, -0.2) is 63.8 Å². The Bertz CT molecular complexity index is 101. The van der Waals surface area contributed by atoms with E-state index in [0.29, 0.717) is 0 Å². The van der Waals surface area contributed by atoms with Gasteiger partial charge in [-0.25, -0.2) is 0 Å². The topological polar surface area (TPSA) is 67.4 Å². The molecule has 0 saturated heterocycles. The van der Waals surface area contributed by atoms with E-state index in [9.17, 15) is 0 Å². The van der Waals surface area contributed by atoms with E-state index in [0.717, 1.165) is 17.9 Å². The molecule has 0 bridgehead atoms. The minimum atomic E-state index is -0.169. The maximum Gasteiger partial charge on any atom is -0.0809 e. The van der Waals surface area contributed by atoms with Crippen LogP contribution >= 0.6 is 11.8 Å². The molecule has 0 atom stereocenters. The average Bonchev–Trinajstić information content (AvgIpc) is 2.35. The fourth-order valence-electron chi connectivity index (χ4n) is 0.658. The Hall–Kier alpha value is 0.989. The summed E-state index contributed by atoms with van der Waals surface area (Å²) in [5, 5.41) is 21.0. The van der Waals surface area contributed by atoms with Gasteiger partial charge in [0, 0.05) is 0 Å². The van der Waals surface area contributed by atoms with E-state index in [1.807, 2.05) is 11.8 Å². The predicted octanol–water partition coefficient (Wildman–Crippen LogP) is 0.136. The SMILES string of the molecule is CCNCO[CH2][Sn+2][CH2]CSCC.CC[O-].CC[O-]. The van der Waals surface area contributed by atoms with Gasteiger partial charge in [-0.3, -0.25) is 0 Å². The fourth-order valence-corrected chi connectivity index (χ4v) is 4.82. The third kappa shape index (κ3) is 43.5. The van der Waals surface area contributed by atoms with Gasteiger partial charge in [-0.15, -0.1) is 13.2 Å². The molecule has 0 fully saturated rings. The van der Waals surface area contributed by atoms with Crippen molar-refractivity contribution in [3.05, 3.63) is 0 Å². The predicted molar refractivity (Wildman–Crippen MR) is 79.1 cm³/mol. The maximum absolute atomic E-state index is 8.93. The number of hydrogen-bond donors (Lipinski definition) is 1. The van der Waals surface area contributed by atoms with Crippen molar-refractivity contribution in [1.82, 2.24) is 5.32 Å². The molecule has 0 aromatic rings. The number of nitrogens with one attached hydrogen (secondary N) is 1. The van der Waals surface area contributed by atoms with Crippen LogP contribution < -0.4 is 15.5 Å². The van der Waals surface area contributed by atoms with Crippen molar-refractivity contribution in [2.75, 3.05) is 42.6 Å². The van der Waals surface area contributed by atoms with Crippen molar-refractivity contribution in [3.8, 4) is 0 Å². The van der Waals surface area contributed by atoms with Gasteiger partial charge < -0.3 is 10.2 Å². The van der Waals surface area contributed by atoms with E-state index < -0.39 is 0 Å². The first-order valence-electron chi connectivity index (χ1n) is 6.47. The van der Waals surface area contributed by atoms with Gasteiger partial charge in [0.05, 0.1) is 0 Å². The number of hydrogen-bond acceptors (Lipinski definition) is 5. The minimum Gasteiger partial charge on any atom is -0.855 e. The molecule has 0 unspecified atom stereocenters. The van der Waals surface area contributed by atoms with Crippen LogP contribution in [0.3, 0.4) is 0 Å². The van der Waals surface area contributed by atoms with Crippen LogP contribution in [0.25, 0.3) is 0 Å². The molecule has 0 aromatic carbocycles. The Kier molecular flexibility index (Phi) is 41.1. The second-order valence-electron chi connectivity index (χ2n) is 2.87. The van der Waals surface area contributed by atoms with Crippen molar-refractivity contribution in [2.45, 2.75) is 32.1 Å². The first kappa shape index (κ1) is 24.0. The molecule has 1 N–H and O–H groups in total. The van der Waals surface area contributed by atoms with Gasteiger partial charge in [0.1, 0.15) is 0 Å². The largest absolute Gasteiger partial charge is 0.855 e. The van der Waals surface area contributed by atoms with Crippen molar-refractivity contribution in [3.63, 3.8) is 0 Å². The Morgan fingerprint density at radius 3 is 2.11 bits per heavy atom. The molecule has 6 heteroatoms. The zero-order valence-electron chi connectivity index (χ0n) is 12.3. The Labute approximate surface area is 127 Å². The van der Waals surface area contributed by atoms with Gasteiger partial charge in [0.15, 0.2) is 0 Å². The van der Waals surface area contributed by atoms with Gasteiger partial charge in [-0.1, -0.05) is 13.8 Å². The molecule has 110 valence electrons. The van der Waals surface area contributed by atoms with Crippen LogP contribution in [0.5, 0.6) is 0 Å². The maximum atomic E-state index is 8.93. The van der Waals surface area contributed by atoms with E-state index in [1.54, 1.807) is 13.8 Å². The van der Waals surface area contributed by atoms with E-state index in [-0.39, 0.29) is 34.4 Å². The fraction of sp³-hybridized carbons (Fsp3) is 1.00. The molecule has 0 aromatic heterocycles. The third-order valence-corrected chi connectivity index (χ3v) is 6.11. The zero-order valence-corrected chi connectivity index (χ0v) is 16.0. The second kappa shape index (κ2) is 30.8. The average molecular weight is 386 g/mol. The summed E-state index contributed by atoms with van der Waals surface area (Å²) >= 11 is 1.88. The molecular formula is C12H29NO3SSn. The number of rotatable bonds is 9. The van der Waals surface area contributed by atoms with Crippen molar-refractivity contribution < 1.29 is 14.9 Å². The molecule has 0 aliphatic heterocycles. The summed E-state index contributed by atoms with van der Waals surface area (Å²) in [5.74, 6) is 2.62. The third-order valence-electron chi connectivity index (χ3n) is 1.29. The standard InChI is InChI=1S/C4H10NO.C4H9S.2C2H5O.Sn/c1-3-5-4-6-2;1-3-5-4-2;2*1-2-3;/h5H,2-4H2,1H3;1,3-4H2,2H3;2*2H2,1H3;/q;;2*-1;+2. The summed E-state index contributed by atoms with van der Waals surface area (Å²) in [6, 6.07) is 0. The summed E-state index contributed by atoms with van der Waals surface area (Å²) in [6.45, 7) is 9.22. The molecule has 18 heavy (non-hydrogen) atoms. The van der Waals surface area contributed by atoms with Crippen LogP contribution in [0.15, 0.2) is 0 Å². The van der Waals surface area contributed by atoms with Crippen LogP contribution in [0.4, 0.5) is 0 Å². The summed E-state index contributed by atoms with van der Waals surface area (Å²) in [6.07, 6.45) is 0. The van der Waals surface area contributed by atoms with E-state index in [2.05, 4.69) is 19.2 Å². The van der Waals surface area contributed by atoms with Gasteiger partial charge >= 0.3 is 90.6 Å². The smallest absolute Gasteiger partial charge is 0.0809 e. The van der Waals surface area contributed by atoms with Gasteiger partial charge in [0.25, 0.3) is 0 Å². The molecular weight excluding hydrogens is 357 g/mol. The molecule has 0 amide bonds. The summed E-state index contributed by atoms with van der Waals surface area (Å²) in [4.78, 5) is 0. The Morgan fingerprint density at radius 2 is 1.67 bits per heavy atom. The van der Waals surface area contributed by atoms with E-state index >= 15 is 0 Å². The first-order chi connectivity index (χ1) is 8.74. The normalized spacial score (nSPS) is 8.56. The van der Waals surface area contributed by atoms with Crippen molar-refractivity contribution >= 4 is 32.9 Å². The summed E-state index contributed by atoms with van der Waals surface area (Å²) < 4.78 is 7.93. The summed E-state index contributed by atoms with van der Waals surface area (Å²) in [7, 11) is 0. The number of ether oxygens (including phenoxy) is 1. The molecule has 0 spiro atoms. The zero-order chi connectivity index (χ0) is 14.5.